The number of ether oxygens (including phenoxy) is 4. The van der Waals surface area contributed by atoms with E-state index in [0.717, 1.165) is 4.68 Å². The fourth-order valence-corrected chi connectivity index (χ4v) is 3.12. The van der Waals surface area contributed by atoms with Crippen LogP contribution in [0.25, 0.3) is 0 Å². The van der Waals surface area contributed by atoms with E-state index in [1.165, 1.54) is 54.7 Å². The third-order valence-electron chi connectivity index (χ3n) is 4.82. The molecule has 1 N–H and O–H groups in total. The van der Waals surface area contributed by atoms with E-state index in [1.54, 1.807) is 34.9 Å². The number of rotatable bonds is 10. The first-order valence-electron chi connectivity index (χ1n) is 12.2. The van der Waals surface area contributed by atoms with E-state index in [9.17, 15) is 23.2 Å². The Balaban J connectivity index is 1.83. The third-order valence-corrected chi connectivity index (χ3v) is 4.82. The summed E-state index contributed by atoms with van der Waals surface area (Å²) in [6.45, 7) is 3.23. The van der Waals surface area contributed by atoms with Gasteiger partial charge in [-0.2, -0.15) is 13.5 Å². The van der Waals surface area contributed by atoms with Gasteiger partial charge in [0.2, 0.25) is 5.88 Å². The lowest BCUT2D eigenvalue weighted by atomic mass is 10.2. The predicted molar refractivity (Wildman–Crippen MR) is 140 cm³/mol. The van der Waals surface area contributed by atoms with Crippen LogP contribution < -0.4 is 14.8 Å². The van der Waals surface area contributed by atoms with Crippen molar-refractivity contribution in [3.05, 3.63) is 54.1 Å². The molecule has 0 aliphatic carbocycles. The number of halogens is 2. The van der Waals surface area contributed by atoms with Gasteiger partial charge >= 0.3 is 12.7 Å². The van der Waals surface area contributed by atoms with Crippen molar-refractivity contribution in [2.24, 2.45) is 0 Å². The Bertz CT molecular complexity index is 1370. The van der Waals surface area contributed by atoms with Gasteiger partial charge in [-0.15, -0.1) is 5.10 Å². The molecule has 0 aliphatic rings. The smallest absolute Gasteiger partial charge is 0.435 e. The molecule has 220 valence electrons. The zero-order valence-corrected chi connectivity index (χ0v) is 23.3. The first-order valence-corrected chi connectivity index (χ1v) is 12.2. The SMILES string of the molecule is C[C@@H](COC(F)F)Oc1cc(Oc2cnc(C(=O)N(C)C)cn2)cc(C(=O)Nc2ccn(C(=O)OC(C)(C)C)n2)c1. The number of hydrogen-bond acceptors (Lipinski definition) is 10. The molecule has 0 bridgehead atoms. The van der Waals surface area contributed by atoms with Crippen molar-refractivity contribution in [2.45, 2.75) is 46.0 Å². The minimum Gasteiger partial charge on any atom is -0.488 e. The number of alkyl halides is 2. The summed E-state index contributed by atoms with van der Waals surface area (Å²) in [5, 5.41) is 6.56. The second-order valence-corrected chi connectivity index (χ2v) is 9.84. The molecule has 15 heteroatoms. The maximum atomic E-state index is 13.1. The number of nitrogens with zero attached hydrogens (tertiary/aromatic N) is 5. The van der Waals surface area contributed by atoms with Gasteiger partial charge in [0.15, 0.2) is 5.82 Å². The molecule has 0 saturated carbocycles. The van der Waals surface area contributed by atoms with Gasteiger partial charge in [0.25, 0.3) is 11.8 Å². The van der Waals surface area contributed by atoms with Crippen molar-refractivity contribution in [2.75, 3.05) is 26.0 Å². The van der Waals surface area contributed by atoms with Crippen molar-refractivity contribution < 1.29 is 42.1 Å². The summed E-state index contributed by atoms with van der Waals surface area (Å²) in [7, 11) is 3.14. The molecule has 3 aromatic rings. The zero-order chi connectivity index (χ0) is 30.3. The Morgan fingerprint density at radius 1 is 1.07 bits per heavy atom. The molecule has 2 amide bonds. The average Bonchev–Trinajstić information content (AvgIpc) is 3.35. The van der Waals surface area contributed by atoms with E-state index >= 15 is 0 Å². The van der Waals surface area contributed by atoms with Crippen LogP contribution in [0.4, 0.5) is 19.4 Å². The van der Waals surface area contributed by atoms with Crippen molar-refractivity contribution >= 4 is 23.7 Å². The zero-order valence-electron chi connectivity index (χ0n) is 23.3. The van der Waals surface area contributed by atoms with Crippen molar-refractivity contribution in [1.82, 2.24) is 24.6 Å². The second-order valence-electron chi connectivity index (χ2n) is 9.84. The van der Waals surface area contributed by atoms with Gasteiger partial charge in [0, 0.05) is 38.0 Å². The Morgan fingerprint density at radius 3 is 2.39 bits per heavy atom. The highest BCUT2D eigenvalue weighted by Gasteiger charge is 2.20. The summed E-state index contributed by atoms with van der Waals surface area (Å²) in [6, 6.07) is 5.54. The minimum absolute atomic E-state index is 0.00833. The number of aromatic nitrogens is 4. The normalized spacial score (nSPS) is 12.0. The Morgan fingerprint density at radius 2 is 1.78 bits per heavy atom. The summed E-state index contributed by atoms with van der Waals surface area (Å²) in [4.78, 5) is 46.8. The largest absolute Gasteiger partial charge is 0.488 e. The standard InChI is InChI=1S/C26H30F2N6O7/c1-15(14-38-24(27)28)39-17-9-16(22(35)31-20-7-8-34(32-20)25(37)41-26(2,3)4)10-18(11-17)40-21-13-29-19(12-30-21)23(36)33(5)6/h7-13,15,24H,14H2,1-6H3,(H,31,32,35)/t15-/m0/s1. The van der Waals surface area contributed by atoms with Crippen LogP contribution in [0.1, 0.15) is 48.5 Å². The van der Waals surface area contributed by atoms with Crippen LogP contribution >= 0.6 is 0 Å². The van der Waals surface area contributed by atoms with E-state index in [0.29, 0.717) is 0 Å². The third kappa shape index (κ3) is 9.49. The summed E-state index contributed by atoms with van der Waals surface area (Å²) in [5.74, 6) is -0.745. The first-order chi connectivity index (χ1) is 19.2. The Hall–Kier alpha value is -4.66. The molecule has 0 spiro atoms. The van der Waals surface area contributed by atoms with Crippen LogP contribution in [0.15, 0.2) is 42.9 Å². The summed E-state index contributed by atoms with van der Waals surface area (Å²) < 4.78 is 46.8. The van der Waals surface area contributed by atoms with Gasteiger partial charge in [0.1, 0.15) is 28.9 Å². The molecule has 3 rings (SSSR count). The minimum atomic E-state index is -2.97. The van der Waals surface area contributed by atoms with Crippen LogP contribution in [0.3, 0.4) is 0 Å². The molecule has 1 aromatic carbocycles. The van der Waals surface area contributed by atoms with Crippen LogP contribution in [0, 0.1) is 0 Å². The summed E-state index contributed by atoms with van der Waals surface area (Å²) in [5.41, 5.74) is -0.607. The van der Waals surface area contributed by atoms with Gasteiger partial charge in [-0.3, -0.25) is 9.59 Å². The summed E-state index contributed by atoms with van der Waals surface area (Å²) in [6.07, 6.45) is 2.24. The van der Waals surface area contributed by atoms with E-state index in [-0.39, 0.29) is 40.4 Å². The first kappa shape index (κ1) is 30.9. The van der Waals surface area contributed by atoms with Gasteiger partial charge in [-0.05, 0) is 39.8 Å². The monoisotopic (exact) mass is 576 g/mol. The number of amides is 2. The number of anilines is 1. The lowest BCUT2D eigenvalue weighted by Crippen LogP contribution is -2.27. The van der Waals surface area contributed by atoms with E-state index in [4.69, 9.17) is 14.2 Å². The van der Waals surface area contributed by atoms with Crippen LogP contribution in [-0.2, 0) is 9.47 Å². The predicted octanol–water partition coefficient (Wildman–Crippen LogP) is 4.21. The number of benzene rings is 1. The molecule has 0 saturated heterocycles. The molecule has 0 radical (unpaired) electrons. The van der Waals surface area contributed by atoms with E-state index in [1.807, 2.05) is 0 Å². The molecular weight excluding hydrogens is 546 g/mol. The Labute approximate surface area is 234 Å². The summed E-state index contributed by atoms with van der Waals surface area (Å²) >= 11 is 0. The van der Waals surface area contributed by atoms with Crippen molar-refractivity contribution in [3.63, 3.8) is 0 Å². The molecule has 0 unspecified atom stereocenters. The van der Waals surface area contributed by atoms with Crippen LogP contribution in [0.2, 0.25) is 0 Å². The lowest BCUT2D eigenvalue weighted by molar-refractivity contribution is -0.142. The van der Waals surface area contributed by atoms with Crippen LogP contribution in [-0.4, -0.2) is 81.6 Å². The maximum Gasteiger partial charge on any atom is 0.435 e. The van der Waals surface area contributed by atoms with Gasteiger partial charge in [0.05, 0.1) is 19.0 Å². The molecule has 13 nitrogen and oxygen atoms in total. The second kappa shape index (κ2) is 13.1. The maximum absolute atomic E-state index is 13.1. The molecule has 1 atom stereocenters. The lowest BCUT2D eigenvalue weighted by Gasteiger charge is -2.18. The quantitative estimate of drug-likeness (QED) is 0.372. The molecule has 0 fully saturated rings. The highest BCUT2D eigenvalue weighted by molar-refractivity contribution is 6.04. The molecule has 2 aromatic heterocycles. The number of hydrogen-bond donors (Lipinski definition) is 1. The molecule has 41 heavy (non-hydrogen) atoms. The van der Waals surface area contributed by atoms with Crippen molar-refractivity contribution in [3.8, 4) is 17.4 Å². The molecule has 0 aliphatic heterocycles. The van der Waals surface area contributed by atoms with Crippen LogP contribution in [0.5, 0.6) is 17.4 Å². The topological polar surface area (TPSA) is 147 Å². The number of carbonyl (C=O) groups excluding carboxylic acids is 3. The highest BCUT2D eigenvalue weighted by Crippen LogP contribution is 2.28. The average molecular weight is 577 g/mol. The van der Waals surface area contributed by atoms with Crippen molar-refractivity contribution in [1.29, 1.82) is 0 Å². The molecule has 2 heterocycles. The number of carbonyl (C=O) groups is 3. The van der Waals surface area contributed by atoms with E-state index in [2.05, 4.69) is 25.1 Å². The van der Waals surface area contributed by atoms with Gasteiger partial charge < -0.3 is 29.2 Å². The Kier molecular flexibility index (Phi) is 9.89. The fraction of sp³-hybridized carbons (Fsp3) is 0.385. The highest BCUT2D eigenvalue weighted by atomic mass is 19.3. The van der Waals surface area contributed by atoms with E-state index < -0.39 is 36.9 Å². The van der Waals surface area contributed by atoms with Gasteiger partial charge in [-0.25, -0.2) is 14.8 Å². The number of nitrogens with one attached hydrogen (secondary N) is 1. The molecular formula is C26H30F2N6O7. The van der Waals surface area contributed by atoms with Gasteiger partial charge in [-0.1, -0.05) is 0 Å². The fourth-order valence-electron chi connectivity index (χ4n) is 3.12.